The van der Waals surface area contributed by atoms with E-state index in [0.29, 0.717) is 5.39 Å². The average molecular weight is 280 g/mol. The van der Waals surface area contributed by atoms with Crippen LogP contribution in [0.2, 0.25) is 0 Å². The predicted molar refractivity (Wildman–Crippen MR) is 74.5 cm³/mol. The number of methoxy groups -OCH3 is 1. The Hall–Kier alpha value is -1.69. The molecule has 0 saturated heterocycles. The number of hydrogen-bond acceptors (Lipinski definition) is 5. The molecule has 102 valence electrons. The van der Waals surface area contributed by atoms with Crippen LogP contribution < -0.4 is 5.56 Å². The highest BCUT2D eigenvalue weighted by Crippen LogP contribution is 2.25. The van der Waals surface area contributed by atoms with Gasteiger partial charge in [-0.15, -0.1) is 11.3 Å². The molecule has 2 aromatic heterocycles. The zero-order valence-electron chi connectivity index (χ0n) is 11.4. The number of thiophene rings is 1. The number of carbonyl (C=O) groups excluding carboxylic acids is 1. The Morgan fingerprint density at radius 3 is 2.84 bits per heavy atom. The second-order valence-electron chi connectivity index (χ2n) is 4.59. The molecule has 1 unspecified atom stereocenters. The summed E-state index contributed by atoms with van der Waals surface area (Å²) in [7, 11) is 1.34. The van der Waals surface area contributed by atoms with Crippen LogP contribution in [0, 0.1) is 19.8 Å². The van der Waals surface area contributed by atoms with Crippen LogP contribution in [0.3, 0.4) is 0 Å². The van der Waals surface area contributed by atoms with E-state index in [1.165, 1.54) is 29.3 Å². The maximum atomic E-state index is 12.4. The highest BCUT2D eigenvalue weighted by molar-refractivity contribution is 7.18. The van der Waals surface area contributed by atoms with E-state index in [0.717, 1.165) is 15.3 Å². The molecular weight excluding hydrogens is 264 g/mol. The number of esters is 1. The van der Waals surface area contributed by atoms with Gasteiger partial charge in [-0.2, -0.15) is 0 Å². The fraction of sp³-hybridized carbons (Fsp3) is 0.462. The van der Waals surface area contributed by atoms with E-state index < -0.39 is 0 Å². The number of aryl methyl sites for hydroxylation is 2. The van der Waals surface area contributed by atoms with E-state index in [9.17, 15) is 9.59 Å². The van der Waals surface area contributed by atoms with E-state index in [1.807, 2.05) is 13.8 Å². The third kappa shape index (κ3) is 2.40. The summed E-state index contributed by atoms with van der Waals surface area (Å²) in [5.74, 6) is -0.702. The lowest BCUT2D eigenvalue weighted by atomic mass is 10.2. The lowest BCUT2D eigenvalue weighted by Gasteiger charge is -2.10. The number of fused-ring (bicyclic) bond motifs is 1. The Balaban J connectivity index is 2.46. The Labute approximate surface area is 114 Å². The van der Waals surface area contributed by atoms with Gasteiger partial charge < -0.3 is 4.74 Å². The van der Waals surface area contributed by atoms with E-state index in [1.54, 1.807) is 6.92 Å². The molecular formula is C13H16N2O3S. The minimum atomic E-state index is -0.373. The van der Waals surface area contributed by atoms with Gasteiger partial charge in [0.25, 0.3) is 5.56 Å². The third-order valence-electron chi connectivity index (χ3n) is 3.23. The number of aromatic nitrogens is 2. The second kappa shape index (κ2) is 5.13. The highest BCUT2D eigenvalue weighted by atomic mass is 32.1. The second-order valence-corrected chi connectivity index (χ2v) is 5.79. The van der Waals surface area contributed by atoms with Crippen molar-refractivity contribution in [3.63, 3.8) is 0 Å². The highest BCUT2D eigenvalue weighted by Gasteiger charge is 2.17. The van der Waals surface area contributed by atoms with Crippen molar-refractivity contribution >= 4 is 27.5 Å². The van der Waals surface area contributed by atoms with Crippen molar-refractivity contribution in [1.82, 2.24) is 9.55 Å². The van der Waals surface area contributed by atoms with Gasteiger partial charge in [0, 0.05) is 11.4 Å². The number of ether oxygens (including phenoxy) is 1. The minimum Gasteiger partial charge on any atom is -0.469 e. The van der Waals surface area contributed by atoms with Gasteiger partial charge in [0.1, 0.15) is 4.83 Å². The van der Waals surface area contributed by atoms with Crippen molar-refractivity contribution in [3.05, 3.63) is 27.1 Å². The van der Waals surface area contributed by atoms with Crippen molar-refractivity contribution in [2.24, 2.45) is 5.92 Å². The summed E-state index contributed by atoms with van der Waals surface area (Å²) in [6.45, 7) is 5.91. The predicted octanol–water partition coefficient (Wildman–Crippen LogP) is 1.88. The molecule has 2 aromatic rings. The SMILES string of the molecule is COC(=O)C(C)Cn1cnc2sc(C)c(C)c2c1=O. The topological polar surface area (TPSA) is 61.2 Å². The minimum absolute atomic E-state index is 0.0948. The van der Waals surface area contributed by atoms with Gasteiger partial charge in [0.2, 0.25) is 0 Å². The first kappa shape index (κ1) is 13.7. The van der Waals surface area contributed by atoms with E-state index in [-0.39, 0.29) is 24.0 Å². The molecule has 2 heterocycles. The lowest BCUT2D eigenvalue weighted by Crippen LogP contribution is -2.27. The van der Waals surface area contributed by atoms with Crippen molar-refractivity contribution in [3.8, 4) is 0 Å². The monoisotopic (exact) mass is 280 g/mol. The quantitative estimate of drug-likeness (QED) is 0.805. The molecule has 2 rings (SSSR count). The Morgan fingerprint density at radius 2 is 2.21 bits per heavy atom. The number of carbonyl (C=O) groups is 1. The standard InChI is InChI=1S/C13H16N2O3S/c1-7(13(17)18-4)5-15-6-14-11-10(12(15)16)8(2)9(3)19-11/h6-7H,5H2,1-4H3. The number of rotatable bonds is 3. The maximum Gasteiger partial charge on any atom is 0.310 e. The summed E-state index contributed by atoms with van der Waals surface area (Å²) >= 11 is 1.52. The van der Waals surface area contributed by atoms with Crippen LogP contribution in [0.25, 0.3) is 10.2 Å². The van der Waals surface area contributed by atoms with Crippen LogP contribution in [0.1, 0.15) is 17.4 Å². The summed E-state index contributed by atoms with van der Waals surface area (Å²) in [5, 5.41) is 0.655. The normalized spacial score (nSPS) is 12.6. The van der Waals surface area contributed by atoms with Crippen LogP contribution in [0.4, 0.5) is 0 Å². The largest absolute Gasteiger partial charge is 0.469 e. The smallest absolute Gasteiger partial charge is 0.310 e. The molecule has 0 saturated carbocycles. The molecule has 0 aliphatic heterocycles. The zero-order valence-corrected chi connectivity index (χ0v) is 12.2. The molecule has 0 aromatic carbocycles. The first-order valence-electron chi connectivity index (χ1n) is 5.98. The zero-order chi connectivity index (χ0) is 14.2. The first-order valence-corrected chi connectivity index (χ1v) is 6.80. The summed E-state index contributed by atoms with van der Waals surface area (Å²) in [6.07, 6.45) is 1.50. The molecule has 0 aliphatic rings. The lowest BCUT2D eigenvalue weighted by molar-refractivity contribution is -0.145. The summed E-state index contributed by atoms with van der Waals surface area (Å²) in [4.78, 5) is 29.9. The van der Waals surface area contributed by atoms with Crippen molar-refractivity contribution in [2.45, 2.75) is 27.3 Å². The van der Waals surface area contributed by atoms with Gasteiger partial charge in [-0.3, -0.25) is 14.2 Å². The van der Waals surface area contributed by atoms with Gasteiger partial charge in [-0.25, -0.2) is 4.98 Å². The van der Waals surface area contributed by atoms with Gasteiger partial charge in [-0.1, -0.05) is 6.92 Å². The summed E-state index contributed by atoms with van der Waals surface area (Å²) in [6, 6.07) is 0. The molecule has 0 fully saturated rings. The van der Waals surface area contributed by atoms with Gasteiger partial charge in [-0.05, 0) is 19.4 Å². The van der Waals surface area contributed by atoms with Crippen LogP contribution in [0.5, 0.6) is 0 Å². The molecule has 0 radical (unpaired) electrons. The van der Waals surface area contributed by atoms with Crippen LogP contribution in [0.15, 0.2) is 11.1 Å². The molecule has 1 atom stereocenters. The Bertz CT molecular complexity index is 687. The Morgan fingerprint density at radius 1 is 1.53 bits per heavy atom. The third-order valence-corrected chi connectivity index (χ3v) is 4.35. The maximum absolute atomic E-state index is 12.4. The van der Waals surface area contributed by atoms with Gasteiger partial charge in [0.05, 0.1) is 24.7 Å². The fourth-order valence-corrected chi connectivity index (χ4v) is 2.96. The fourth-order valence-electron chi connectivity index (χ4n) is 1.97. The van der Waals surface area contributed by atoms with E-state index in [2.05, 4.69) is 9.72 Å². The van der Waals surface area contributed by atoms with Crippen LogP contribution in [-0.4, -0.2) is 22.6 Å². The van der Waals surface area contributed by atoms with E-state index in [4.69, 9.17) is 0 Å². The van der Waals surface area contributed by atoms with Gasteiger partial charge in [0.15, 0.2) is 0 Å². The van der Waals surface area contributed by atoms with Crippen LogP contribution in [-0.2, 0) is 16.1 Å². The first-order chi connectivity index (χ1) is 8.95. The number of hydrogen-bond donors (Lipinski definition) is 0. The van der Waals surface area contributed by atoms with Crippen LogP contribution >= 0.6 is 11.3 Å². The Kier molecular flexibility index (Phi) is 3.71. The van der Waals surface area contributed by atoms with E-state index >= 15 is 0 Å². The van der Waals surface area contributed by atoms with Crippen molar-refractivity contribution < 1.29 is 9.53 Å². The molecule has 0 bridgehead atoms. The summed E-state index contributed by atoms with van der Waals surface area (Å²) < 4.78 is 6.14. The van der Waals surface area contributed by atoms with Crippen molar-refractivity contribution in [2.75, 3.05) is 7.11 Å². The molecule has 0 N–H and O–H groups in total. The summed E-state index contributed by atoms with van der Waals surface area (Å²) in [5.41, 5.74) is 0.875. The van der Waals surface area contributed by atoms with Crippen molar-refractivity contribution in [1.29, 1.82) is 0 Å². The molecule has 0 aliphatic carbocycles. The van der Waals surface area contributed by atoms with Gasteiger partial charge >= 0.3 is 5.97 Å². The molecule has 0 amide bonds. The average Bonchev–Trinajstić information content (AvgIpc) is 2.68. The molecule has 0 spiro atoms. The molecule has 5 nitrogen and oxygen atoms in total. The molecule has 19 heavy (non-hydrogen) atoms. The number of nitrogens with zero attached hydrogens (tertiary/aromatic N) is 2. The molecule has 6 heteroatoms.